The maximum atomic E-state index is 12.1. The molecule has 0 unspecified atom stereocenters. The van der Waals surface area contributed by atoms with Crippen LogP contribution in [0.3, 0.4) is 0 Å². The number of carbonyl (C=O) groups excluding carboxylic acids is 1. The first kappa shape index (κ1) is 16.1. The quantitative estimate of drug-likeness (QED) is 0.772. The second-order valence-corrected chi connectivity index (χ2v) is 7.38. The van der Waals surface area contributed by atoms with E-state index in [-0.39, 0.29) is 29.3 Å². The SMILES string of the molecule is CCOc1ccc(N(C(=O)CCl)[C@@H]2CCS(=O)(=O)C2)cc1. The maximum absolute atomic E-state index is 12.1. The van der Waals surface area contributed by atoms with Crippen LogP contribution >= 0.6 is 11.6 Å². The molecule has 0 radical (unpaired) electrons. The molecule has 7 heteroatoms. The standard InChI is InChI=1S/C14H18ClNO4S/c1-2-20-13-5-3-11(4-6-13)16(14(17)9-15)12-7-8-21(18,19)10-12/h3-6,12H,2,7-10H2,1H3/t12-/m1/s1. The van der Waals surface area contributed by atoms with Crippen molar-refractivity contribution in [3.05, 3.63) is 24.3 Å². The highest BCUT2D eigenvalue weighted by Gasteiger charge is 2.35. The minimum absolute atomic E-state index is 0.0111. The number of amides is 1. The number of rotatable bonds is 5. The van der Waals surface area contributed by atoms with Crippen molar-refractivity contribution >= 4 is 33.0 Å². The number of alkyl halides is 1. The van der Waals surface area contributed by atoms with E-state index in [0.29, 0.717) is 24.5 Å². The molecule has 1 aliphatic heterocycles. The lowest BCUT2D eigenvalue weighted by Gasteiger charge is -2.27. The minimum atomic E-state index is -3.07. The van der Waals surface area contributed by atoms with Gasteiger partial charge in [0.2, 0.25) is 5.91 Å². The van der Waals surface area contributed by atoms with E-state index in [2.05, 4.69) is 0 Å². The van der Waals surface area contributed by atoms with Crippen LogP contribution in [0.15, 0.2) is 24.3 Å². The van der Waals surface area contributed by atoms with Gasteiger partial charge in [-0.2, -0.15) is 0 Å². The molecule has 2 rings (SSSR count). The first-order valence-electron chi connectivity index (χ1n) is 6.78. The fourth-order valence-corrected chi connectivity index (χ4v) is 4.30. The van der Waals surface area contributed by atoms with E-state index in [1.165, 1.54) is 4.90 Å². The second-order valence-electron chi connectivity index (χ2n) is 4.88. The Labute approximate surface area is 129 Å². The van der Waals surface area contributed by atoms with E-state index in [1.54, 1.807) is 24.3 Å². The molecule has 1 heterocycles. The third-order valence-electron chi connectivity index (χ3n) is 3.38. The summed E-state index contributed by atoms with van der Waals surface area (Å²) in [5.74, 6) is 0.342. The zero-order chi connectivity index (χ0) is 15.5. The fraction of sp³-hybridized carbons (Fsp3) is 0.500. The van der Waals surface area contributed by atoms with Crippen LogP contribution in [0.2, 0.25) is 0 Å². The van der Waals surface area contributed by atoms with Gasteiger partial charge in [0.05, 0.1) is 24.2 Å². The average molecular weight is 332 g/mol. The summed E-state index contributed by atoms with van der Waals surface area (Å²) >= 11 is 5.66. The molecule has 5 nitrogen and oxygen atoms in total. The number of hydrogen-bond acceptors (Lipinski definition) is 4. The molecule has 1 saturated heterocycles. The van der Waals surface area contributed by atoms with Gasteiger partial charge in [-0.05, 0) is 37.6 Å². The summed E-state index contributed by atoms with van der Waals surface area (Å²) in [4.78, 5) is 13.6. The second kappa shape index (κ2) is 6.66. The Balaban J connectivity index is 2.26. The maximum Gasteiger partial charge on any atom is 0.242 e. The van der Waals surface area contributed by atoms with Crippen molar-refractivity contribution in [1.82, 2.24) is 0 Å². The van der Waals surface area contributed by atoms with Crippen LogP contribution in [0.25, 0.3) is 0 Å². The monoisotopic (exact) mass is 331 g/mol. The van der Waals surface area contributed by atoms with Crippen molar-refractivity contribution in [2.45, 2.75) is 19.4 Å². The third-order valence-corrected chi connectivity index (χ3v) is 5.36. The van der Waals surface area contributed by atoms with Crippen LogP contribution in [0.1, 0.15) is 13.3 Å². The molecule has 1 fully saturated rings. The largest absolute Gasteiger partial charge is 0.494 e. The Morgan fingerprint density at radius 2 is 2.05 bits per heavy atom. The molecule has 0 aliphatic carbocycles. The van der Waals surface area contributed by atoms with Gasteiger partial charge in [0.25, 0.3) is 0 Å². The van der Waals surface area contributed by atoms with Gasteiger partial charge in [-0.1, -0.05) is 0 Å². The molecule has 116 valence electrons. The summed E-state index contributed by atoms with van der Waals surface area (Å²) in [6.07, 6.45) is 0.443. The molecular weight excluding hydrogens is 314 g/mol. The number of benzene rings is 1. The molecule has 1 atom stereocenters. The number of hydrogen-bond donors (Lipinski definition) is 0. The third kappa shape index (κ3) is 3.89. The topological polar surface area (TPSA) is 63.7 Å². The van der Waals surface area contributed by atoms with Crippen LogP contribution in [0.4, 0.5) is 5.69 Å². The van der Waals surface area contributed by atoms with Crippen molar-refractivity contribution in [3.8, 4) is 5.75 Å². The summed E-state index contributed by atoms with van der Waals surface area (Å²) < 4.78 is 28.6. The zero-order valence-electron chi connectivity index (χ0n) is 11.8. The highest BCUT2D eigenvalue weighted by molar-refractivity contribution is 7.91. The normalized spacial score (nSPS) is 20.2. The number of nitrogens with zero attached hydrogens (tertiary/aromatic N) is 1. The van der Waals surface area contributed by atoms with E-state index in [4.69, 9.17) is 16.3 Å². The van der Waals surface area contributed by atoms with Crippen LogP contribution in [-0.4, -0.2) is 44.4 Å². The number of halogens is 1. The first-order valence-corrected chi connectivity index (χ1v) is 9.13. The Bertz CT molecular complexity index is 600. The Morgan fingerprint density at radius 3 is 2.52 bits per heavy atom. The zero-order valence-corrected chi connectivity index (χ0v) is 13.4. The molecule has 0 spiro atoms. The summed E-state index contributed by atoms with van der Waals surface area (Å²) in [6.45, 7) is 2.45. The molecule has 1 aliphatic rings. The minimum Gasteiger partial charge on any atom is -0.494 e. The Hall–Kier alpha value is -1.27. The molecule has 1 aromatic rings. The predicted octanol–water partition coefficient (Wildman–Crippen LogP) is 1.84. The highest BCUT2D eigenvalue weighted by atomic mass is 35.5. The number of anilines is 1. The Kier molecular flexibility index (Phi) is 5.11. The highest BCUT2D eigenvalue weighted by Crippen LogP contribution is 2.26. The molecule has 0 N–H and O–H groups in total. The van der Waals surface area contributed by atoms with Crippen LogP contribution in [0.5, 0.6) is 5.75 Å². The van der Waals surface area contributed by atoms with E-state index < -0.39 is 9.84 Å². The van der Waals surface area contributed by atoms with Gasteiger partial charge in [-0.25, -0.2) is 8.42 Å². The van der Waals surface area contributed by atoms with Gasteiger partial charge in [-0.15, -0.1) is 11.6 Å². The summed E-state index contributed by atoms with van der Waals surface area (Å²) in [7, 11) is -3.07. The van der Waals surface area contributed by atoms with Gasteiger partial charge < -0.3 is 9.64 Å². The van der Waals surface area contributed by atoms with Gasteiger partial charge in [0, 0.05) is 5.69 Å². The molecular formula is C14H18ClNO4S. The average Bonchev–Trinajstić information content (AvgIpc) is 2.81. The van der Waals surface area contributed by atoms with Gasteiger partial charge in [0.15, 0.2) is 9.84 Å². The number of sulfone groups is 1. The number of ether oxygens (including phenoxy) is 1. The van der Waals surface area contributed by atoms with Crippen molar-refractivity contribution in [2.24, 2.45) is 0 Å². The van der Waals surface area contributed by atoms with Crippen LogP contribution in [-0.2, 0) is 14.6 Å². The van der Waals surface area contributed by atoms with E-state index in [9.17, 15) is 13.2 Å². The molecule has 1 aromatic carbocycles. The lowest BCUT2D eigenvalue weighted by molar-refractivity contribution is -0.116. The van der Waals surface area contributed by atoms with Crippen molar-refractivity contribution in [1.29, 1.82) is 0 Å². The number of carbonyl (C=O) groups is 1. The van der Waals surface area contributed by atoms with Crippen molar-refractivity contribution in [2.75, 3.05) is 28.9 Å². The molecule has 0 saturated carbocycles. The Morgan fingerprint density at radius 1 is 1.38 bits per heavy atom. The first-order chi connectivity index (χ1) is 9.96. The van der Waals surface area contributed by atoms with E-state index in [0.717, 1.165) is 0 Å². The van der Waals surface area contributed by atoms with E-state index >= 15 is 0 Å². The van der Waals surface area contributed by atoms with Gasteiger partial charge in [0.1, 0.15) is 11.6 Å². The summed E-state index contributed by atoms with van der Waals surface area (Å²) in [5, 5.41) is 0. The van der Waals surface area contributed by atoms with Crippen LogP contribution < -0.4 is 9.64 Å². The summed E-state index contributed by atoms with van der Waals surface area (Å²) in [6, 6.07) is 6.67. The smallest absolute Gasteiger partial charge is 0.242 e. The predicted molar refractivity (Wildman–Crippen MR) is 82.9 cm³/mol. The molecule has 21 heavy (non-hydrogen) atoms. The van der Waals surface area contributed by atoms with Crippen molar-refractivity contribution < 1.29 is 17.9 Å². The molecule has 1 amide bonds. The van der Waals surface area contributed by atoms with Gasteiger partial charge >= 0.3 is 0 Å². The lowest BCUT2D eigenvalue weighted by atomic mass is 10.2. The van der Waals surface area contributed by atoms with E-state index in [1.807, 2.05) is 6.92 Å². The lowest BCUT2D eigenvalue weighted by Crippen LogP contribution is -2.42. The fourth-order valence-electron chi connectivity index (χ4n) is 2.47. The van der Waals surface area contributed by atoms with Crippen molar-refractivity contribution in [3.63, 3.8) is 0 Å². The molecule has 0 aromatic heterocycles. The summed E-state index contributed by atoms with van der Waals surface area (Å²) in [5.41, 5.74) is 0.645. The molecule has 0 bridgehead atoms. The van der Waals surface area contributed by atoms with Gasteiger partial charge in [-0.3, -0.25) is 4.79 Å². The van der Waals surface area contributed by atoms with Crippen LogP contribution in [0, 0.1) is 0 Å².